The number of hydrogen-bond donors (Lipinski definition) is 0. The number of thiocarbonyl (C=S) groups is 1. The van der Waals surface area contributed by atoms with Crippen molar-refractivity contribution in [1.82, 2.24) is 14.7 Å². The van der Waals surface area contributed by atoms with Gasteiger partial charge in [0.2, 0.25) is 0 Å². The summed E-state index contributed by atoms with van der Waals surface area (Å²) in [5.74, 6) is 0.677. The van der Waals surface area contributed by atoms with Gasteiger partial charge in [0, 0.05) is 17.3 Å². The summed E-state index contributed by atoms with van der Waals surface area (Å²) in [5.41, 5.74) is 6.76. The quantitative estimate of drug-likeness (QED) is 0.136. The number of amides is 1. The van der Waals surface area contributed by atoms with Crippen LogP contribution in [0.2, 0.25) is 0 Å². The molecule has 0 N–H and O–H groups in total. The van der Waals surface area contributed by atoms with Gasteiger partial charge in [-0.3, -0.25) is 9.69 Å². The largest absolute Gasteiger partial charge is 0.490 e. The Bertz CT molecular complexity index is 1540. The number of hydrogen-bond acceptors (Lipinski definition) is 5. The summed E-state index contributed by atoms with van der Waals surface area (Å²) in [5, 5.41) is 4.93. The van der Waals surface area contributed by atoms with Crippen molar-refractivity contribution < 1.29 is 9.53 Å². The average molecular weight is 538 g/mol. The molecule has 1 amide bonds. The number of rotatable bonds is 8. The number of para-hydroxylation sites is 1. The van der Waals surface area contributed by atoms with E-state index in [0.717, 1.165) is 39.4 Å². The highest BCUT2D eigenvalue weighted by Crippen LogP contribution is 2.36. The molecule has 0 radical (unpaired) electrons. The maximum absolute atomic E-state index is 13.4. The summed E-state index contributed by atoms with van der Waals surface area (Å²) < 4.78 is 8.11. The van der Waals surface area contributed by atoms with Crippen LogP contribution in [0.1, 0.15) is 22.3 Å². The van der Waals surface area contributed by atoms with E-state index in [1.165, 1.54) is 17.3 Å². The standard InChI is InChI=1S/C31H27N3O2S2/c1-4-16-36-26-14-15-27(22(3)17-26)29-24(20-34(32-29)25-8-6-5-7-9-25)18-28-30(35)33(31(37)38-28)19-23-12-10-21(2)11-13-23/h4-15,17-18,20H,1,16,19H2,2-3H3/b28-18-. The predicted molar refractivity (Wildman–Crippen MR) is 159 cm³/mol. The zero-order chi connectivity index (χ0) is 26.6. The van der Waals surface area contributed by atoms with Gasteiger partial charge in [-0.1, -0.05) is 84.7 Å². The molecule has 5 rings (SSSR count). The second-order valence-corrected chi connectivity index (χ2v) is 10.7. The Kier molecular flexibility index (Phi) is 7.58. The SMILES string of the molecule is C=CCOc1ccc(-c2nn(-c3ccccc3)cc2/C=C2\SC(=S)N(Cc3ccc(C)cc3)C2=O)c(C)c1. The van der Waals surface area contributed by atoms with E-state index < -0.39 is 0 Å². The highest BCUT2D eigenvalue weighted by atomic mass is 32.2. The molecule has 2 heterocycles. The molecule has 4 aromatic rings. The molecule has 7 heteroatoms. The van der Waals surface area contributed by atoms with E-state index in [4.69, 9.17) is 22.1 Å². The summed E-state index contributed by atoms with van der Waals surface area (Å²) in [6, 6.07) is 24.0. The van der Waals surface area contributed by atoms with Crippen molar-refractivity contribution in [3.63, 3.8) is 0 Å². The van der Waals surface area contributed by atoms with Gasteiger partial charge >= 0.3 is 0 Å². The molecule has 0 bridgehead atoms. The molecule has 1 aliphatic heterocycles. The molecular weight excluding hydrogens is 510 g/mol. The lowest BCUT2D eigenvalue weighted by Gasteiger charge is -2.14. The number of aryl methyl sites for hydroxylation is 2. The zero-order valence-electron chi connectivity index (χ0n) is 21.3. The summed E-state index contributed by atoms with van der Waals surface area (Å²) in [7, 11) is 0. The van der Waals surface area contributed by atoms with Crippen molar-refractivity contribution in [2.24, 2.45) is 0 Å². The monoisotopic (exact) mass is 537 g/mol. The lowest BCUT2D eigenvalue weighted by atomic mass is 10.0. The van der Waals surface area contributed by atoms with E-state index in [1.54, 1.807) is 11.0 Å². The minimum absolute atomic E-state index is 0.0936. The zero-order valence-corrected chi connectivity index (χ0v) is 22.9. The maximum Gasteiger partial charge on any atom is 0.266 e. The van der Waals surface area contributed by atoms with Crippen molar-refractivity contribution >= 4 is 40.3 Å². The summed E-state index contributed by atoms with van der Waals surface area (Å²) in [6.07, 6.45) is 5.58. The number of nitrogens with zero attached hydrogens (tertiary/aromatic N) is 3. The number of thioether (sulfide) groups is 1. The maximum atomic E-state index is 13.4. The lowest BCUT2D eigenvalue weighted by molar-refractivity contribution is -0.122. The minimum Gasteiger partial charge on any atom is -0.490 e. The Morgan fingerprint density at radius 3 is 2.53 bits per heavy atom. The van der Waals surface area contributed by atoms with Crippen LogP contribution in [0.5, 0.6) is 5.75 Å². The van der Waals surface area contributed by atoms with E-state index in [1.807, 2.05) is 104 Å². The number of carbonyl (C=O) groups excluding carboxylic acids is 1. The van der Waals surface area contributed by atoms with Crippen LogP contribution in [0, 0.1) is 13.8 Å². The van der Waals surface area contributed by atoms with Gasteiger partial charge in [-0.15, -0.1) is 0 Å². The molecule has 1 saturated heterocycles. The molecule has 0 aliphatic carbocycles. The van der Waals surface area contributed by atoms with Gasteiger partial charge < -0.3 is 4.74 Å². The summed E-state index contributed by atoms with van der Waals surface area (Å²) >= 11 is 6.93. The van der Waals surface area contributed by atoms with Crippen molar-refractivity contribution in [3.05, 3.63) is 119 Å². The molecule has 0 saturated carbocycles. The highest BCUT2D eigenvalue weighted by molar-refractivity contribution is 8.26. The van der Waals surface area contributed by atoms with E-state index in [-0.39, 0.29) is 5.91 Å². The summed E-state index contributed by atoms with van der Waals surface area (Å²) in [6.45, 7) is 8.68. The van der Waals surface area contributed by atoms with Crippen molar-refractivity contribution in [2.45, 2.75) is 20.4 Å². The van der Waals surface area contributed by atoms with E-state index in [2.05, 4.69) is 6.58 Å². The van der Waals surface area contributed by atoms with Crippen LogP contribution >= 0.6 is 24.0 Å². The van der Waals surface area contributed by atoms with Crippen LogP contribution in [0.25, 0.3) is 23.0 Å². The summed E-state index contributed by atoms with van der Waals surface area (Å²) in [4.78, 5) is 15.7. The fraction of sp³-hybridized carbons (Fsp3) is 0.129. The fourth-order valence-corrected chi connectivity index (χ4v) is 5.46. The Labute approximate surface area is 232 Å². The number of carbonyl (C=O) groups is 1. The first kappa shape index (κ1) is 25.7. The van der Waals surface area contributed by atoms with Gasteiger partial charge in [-0.2, -0.15) is 5.10 Å². The topological polar surface area (TPSA) is 47.4 Å². The minimum atomic E-state index is -0.0936. The third-order valence-electron chi connectivity index (χ3n) is 6.21. The van der Waals surface area contributed by atoms with Gasteiger partial charge in [0.25, 0.3) is 5.91 Å². The van der Waals surface area contributed by atoms with E-state index >= 15 is 0 Å². The first-order valence-electron chi connectivity index (χ1n) is 12.2. The first-order chi connectivity index (χ1) is 18.4. The third-order valence-corrected chi connectivity index (χ3v) is 7.58. The average Bonchev–Trinajstić information content (AvgIpc) is 3.45. The Balaban J connectivity index is 1.52. The van der Waals surface area contributed by atoms with Crippen LogP contribution in [-0.2, 0) is 11.3 Å². The Hall–Kier alpha value is -3.94. The lowest BCUT2D eigenvalue weighted by Crippen LogP contribution is -2.27. The van der Waals surface area contributed by atoms with Crippen molar-refractivity contribution in [1.29, 1.82) is 0 Å². The normalized spacial score (nSPS) is 14.4. The number of ether oxygens (including phenoxy) is 1. The third kappa shape index (κ3) is 5.49. The van der Waals surface area contributed by atoms with E-state index in [0.29, 0.717) is 22.4 Å². The van der Waals surface area contributed by atoms with Crippen LogP contribution in [0.3, 0.4) is 0 Å². The molecule has 38 heavy (non-hydrogen) atoms. The molecule has 1 aliphatic rings. The molecule has 190 valence electrons. The van der Waals surface area contributed by atoms with Crippen molar-refractivity contribution in [2.75, 3.05) is 6.61 Å². The van der Waals surface area contributed by atoms with Crippen LogP contribution in [0.4, 0.5) is 0 Å². The van der Waals surface area contributed by atoms with Crippen molar-refractivity contribution in [3.8, 4) is 22.7 Å². The van der Waals surface area contributed by atoms with Gasteiger partial charge in [0.05, 0.1) is 17.1 Å². The highest BCUT2D eigenvalue weighted by Gasteiger charge is 2.32. The predicted octanol–water partition coefficient (Wildman–Crippen LogP) is 7.12. The number of aromatic nitrogens is 2. The van der Waals surface area contributed by atoms with Crippen LogP contribution < -0.4 is 4.74 Å². The molecular formula is C31H27N3O2S2. The fourth-order valence-electron chi connectivity index (χ4n) is 4.22. The van der Waals surface area contributed by atoms with Crippen LogP contribution in [0.15, 0.2) is 96.6 Å². The molecule has 1 fully saturated rings. The molecule has 0 unspecified atom stereocenters. The molecule has 5 nitrogen and oxygen atoms in total. The Morgan fingerprint density at radius 2 is 1.82 bits per heavy atom. The smallest absolute Gasteiger partial charge is 0.266 e. The van der Waals surface area contributed by atoms with Gasteiger partial charge in [-0.05, 0) is 61.4 Å². The van der Waals surface area contributed by atoms with Gasteiger partial charge in [-0.25, -0.2) is 4.68 Å². The molecule has 3 aromatic carbocycles. The number of benzene rings is 3. The van der Waals surface area contributed by atoms with E-state index in [9.17, 15) is 4.79 Å². The second-order valence-electron chi connectivity index (χ2n) is 9.04. The van der Waals surface area contributed by atoms with Crippen LogP contribution in [-0.4, -0.2) is 31.5 Å². The van der Waals surface area contributed by atoms with Gasteiger partial charge in [0.15, 0.2) is 0 Å². The second kappa shape index (κ2) is 11.2. The first-order valence-corrected chi connectivity index (χ1v) is 13.5. The Morgan fingerprint density at radius 1 is 1.05 bits per heavy atom. The molecule has 0 spiro atoms. The van der Waals surface area contributed by atoms with Gasteiger partial charge in [0.1, 0.15) is 22.4 Å². The molecule has 1 aromatic heterocycles. The molecule has 0 atom stereocenters.